The van der Waals surface area contributed by atoms with Crippen LogP contribution in [0.5, 0.6) is 0 Å². The third-order valence-electron chi connectivity index (χ3n) is 4.70. The van der Waals surface area contributed by atoms with Crippen LogP contribution in [0.2, 0.25) is 0 Å². The Kier molecular flexibility index (Phi) is 4.60. The highest BCUT2D eigenvalue weighted by Crippen LogP contribution is 2.37. The van der Waals surface area contributed by atoms with Crippen LogP contribution in [-0.2, 0) is 23.9 Å². The van der Waals surface area contributed by atoms with Crippen LogP contribution in [0, 0.1) is 0 Å². The normalized spacial score (nSPS) is 17.7. The molecule has 0 spiro atoms. The van der Waals surface area contributed by atoms with Crippen LogP contribution in [0.15, 0.2) is 12.3 Å². The minimum atomic E-state index is -4.58. The van der Waals surface area contributed by atoms with E-state index in [9.17, 15) is 13.2 Å². The van der Waals surface area contributed by atoms with Gasteiger partial charge >= 0.3 is 6.18 Å². The third kappa shape index (κ3) is 3.54. The van der Waals surface area contributed by atoms with Gasteiger partial charge in [-0.05, 0) is 19.0 Å². The van der Waals surface area contributed by atoms with E-state index in [1.165, 1.54) is 0 Å². The molecule has 0 bridgehead atoms. The lowest BCUT2D eigenvalue weighted by molar-refractivity contribution is -0.137. The Morgan fingerprint density at radius 3 is 2.70 bits per heavy atom. The molecule has 4 heterocycles. The second kappa shape index (κ2) is 6.93. The topological polar surface area (TPSA) is 89.2 Å². The lowest BCUT2D eigenvalue weighted by Crippen LogP contribution is -2.39. The number of morpholine rings is 1. The minimum Gasteiger partial charge on any atom is -0.384 e. The van der Waals surface area contributed by atoms with Gasteiger partial charge in [0.2, 0.25) is 0 Å². The van der Waals surface area contributed by atoms with Gasteiger partial charge in [0, 0.05) is 37.0 Å². The van der Waals surface area contributed by atoms with E-state index in [1.807, 2.05) is 0 Å². The van der Waals surface area contributed by atoms with E-state index >= 15 is 0 Å². The van der Waals surface area contributed by atoms with E-state index in [1.54, 1.807) is 0 Å². The molecular formula is C17H19F3N6O. The molecule has 2 aliphatic heterocycles. The van der Waals surface area contributed by atoms with Crippen molar-refractivity contribution in [1.82, 2.24) is 20.3 Å². The van der Waals surface area contributed by atoms with Crippen LogP contribution in [0.3, 0.4) is 0 Å². The predicted octanol–water partition coefficient (Wildman–Crippen LogP) is 1.62. The van der Waals surface area contributed by atoms with Gasteiger partial charge in [-0.1, -0.05) is 0 Å². The van der Waals surface area contributed by atoms with Gasteiger partial charge in [-0.25, -0.2) is 15.0 Å². The average molecular weight is 380 g/mol. The molecule has 2 aliphatic rings. The largest absolute Gasteiger partial charge is 0.417 e. The number of alkyl halides is 3. The van der Waals surface area contributed by atoms with Gasteiger partial charge in [0.25, 0.3) is 0 Å². The number of hydrogen-bond acceptors (Lipinski definition) is 7. The number of aromatic nitrogens is 3. The Labute approximate surface area is 153 Å². The fourth-order valence-electron chi connectivity index (χ4n) is 3.38. The number of rotatable bonds is 2. The quantitative estimate of drug-likeness (QED) is 0.818. The zero-order valence-corrected chi connectivity index (χ0v) is 14.5. The molecule has 0 saturated carbocycles. The molecule has 0 amide bonds. The van der Waals surface area contributed by atoms with Gasteiger partial charge in [-0.3, -0.25) is 0 Å². The van der Waals surface area contributed by atoms with E-state index in [2.05, 4.69) is 25.2 Å². The van der Waals surface area contributed by atoms with Gasteiger partial charge in [0.15, 0.2) is 5.82 Å². The Morgan fingerprint density at radius 2 is 1.96 bits per heavy atom. The summed E-state index contributed by atoms with van der Waals surface area (Å²) in [6, 6.07) is 0.824. The van der Waals surface area contributed by atoms with Crippen molar-refractivity contribution in [3.05, 3.63) is 29.1 Å². The number of hydrogen-bond donors (Lipinski definition) is 2. The third-order valence-corrected chi connectivity index (χ3v) is 4.70. The first-order valence-electron chi connectivity index (χ1n) is 8.70. The van der Waals surface area contributed by atoms with Crippen LogP contribution in [-0.4, -0.2) is 47.8 Å². The van der Waals surface area contributed by atoms with E-state index in [-0.39, 0.29) is 17.2 Å². The summed E-state index contributed by atoms with van der Waals surface area (Å²) in [6.07, 6.45) is -2.75. The van der Waals surface area contributed by atoms with Crippen molar-refractivity contribution in [2.45, 2.75) is 19.1 Å². The van der Waals surface area contributed by atoms with E-state index < -0.39 is 11.7 Å². The zero-order valence-electron chi connectivity index (χ0n) is 14.5. The predicted molar refractivity (Wildman–Crippen MR) is 93.1 cm³/mol. The van der Waals surface area contributed by atoms with Crippen LogP contribution in [0.25, 0.3) is 11.4 Å². The van der Waals surface area contributed by atoms with E-state index in [4.69, 9.17) is 10.5 Å². The molecule has 144 valence electrons. The first-order valence-corrected chi connectivity index (χ1v) is 8.70. The second-order valence-electron chi connectivity index (χ2n) is 6.47. The Morgan fingerprint density at radius 1 is 1.19 bits per heavy atom. The Hall–Kier alpha value is -2.46. The summed E-state index contributed by atoms with van der Waals surface area (Å²) in [6.45, 7) is 3.67. The number of nitrogen functional groups attached to an aromatic ring is 1. The Bertz CT molecular complexity index is 851. The molecule has 7 nitrogen and oxygen atoms in total. The second-order valence-corrected chi connectivity index (χ2v) is 6.47. The first-order chi connectivity index (χ1) is 12.9. The lowest BCUT2D eigenvalue weighted by Gasteiger charge is -2.31. The standard InChI is InChI=1S/C17H19F3N6O/c18-17(19,20)12-7-14(21)23-8-11(12)15-24-13-9-22-2-1-10(13)16(25-15)26-3-5-27-6-4-26/h7-8,22H,1-6,9H2,(H2,21,23). The molecule has 0 aliphatic carbocycles. The maximum atomic E-state index is 13.5. The summed E-state index contributed by atoms with van der Waals surface area (Å²) < 4.78 is 46.0. The summed E-state index contributed by atoms with van der Waals surface area (Å²) in [5.41, 5.74) is 6.13. The molecule has 3 N–H and O–H groups in total. The lowest BCUT2D eigenvalue weighted by atomic mass is 10.0. The highest BCUT2D eigenvalue weighted by molar-refractivity contribution is 5.66. The van der Waals surface area contributed by atoms with Crippen molar-refractivity contribution in [2.75, 3.05) is 43.5 Å². The molecule has 0 atom stereocenters. The maximum absolute atomic E-state index is 13.5. The molecule has 1 fully saturated rings. The Balaban J connectivity index is 1.87. The van der Waals surface area contributed by atoms with Gasteiger partial charge in [-0.2, -0.15) is 13.2 Å². The number of fused-ring (bicyclic) bond motifs is 1. The van der Waals surface area contributed by atoms with Gasteiger partial charge in [-0.15, -0.1) is 0 Å². The molecule has 0 radical (unpaired) electrons. The van der Waals surface area contributed by atoms with Crippen LogP contribution >= 0.6 is 0 Å². The monoisotopic (exact) mass is 380 g/mol. The molecular weight excluding hydrogens is 361 g/mol. The molecule has 0 unspecified atom stereocenters. The maximum Gasteiger partial charge on any atom is 0.417 e. The molecule has 0 aromatic carbocycles. The summed E-state index contributed by atoms with van der Waals surface area (Å²) in [5, 5.41) is 3.21. The fourth-order valence-corrected chi connectivity index (χ4v) is 3.38. The number of ether oxygens (including phenoxy) is 1. The van der Waals surface area contributed by atoms with Crippen LogP contribution < -0.4 is 16.0 Å². The number of anilines is 2. The molecule has 2 aromatic rings. The molecule has 1 saturated heterocycles. The number of nitrogens with zero attached hydrogens (tertiary/aromatic N) is 4. The van der Waals surface area contributed by atoms with Crippen molar-refractivity contribution >= 4 is 11.6 Å². The fraction of sp³-hybridized carbons (Fsp3) is 0.471. The first kappa shape index (κ1) is 17.9. The van der Waals surface area contributed by atoms with E-state index in [0.29, 0.717) is 38.7 Å². The number of nitrogens with one attached hydrogen (secondary N) is 1. The van der Waals surface area contributed by atoms with Crippen LogP contribution in [0.1, 0.15) is 16.8 Å². The average Bonchev–Trinajstić information content (AvgIpc) is 2.67. The minimum absolute atomic E-state index is 0.0127. The number of pyridine rings is 1. The summed E-state index contributed by atoms with van der Waals surface area (Å²) in [4.78, 5) is 14.8. The molecule has 2 aromatic heterocycles. The van der Waals surface area contributed by atoms with Crippen molar-refractivity contribution < 1.29 is 17.9 Å². The summed E-state index contributed by atoms with van der Waals surface area (Å²) in [7, 11) is 0. The highest BCUT2D eigenvalue weighted by Gasteiger charge is 2.36. The van der Waals surface area contributed by atoms with Crippen molar-refractivity contribution in [2.24, 2.45) is 0 Å². The van der Waals surface area contributed by atoms with Crippen LogP contribution in [0.4, 0.5) is 24.8 Å². The van der Waals surface area contributed by atoms with E-state index in [0.717, 1.165) is 36.5 Å². The highest BCUT2D eigenvalue weighted by atomic mass is 19.4. The SMILES string of the molecule is Nc1cc(C(F)(F)F)c(-c2nc3c(c(N4CCOCC4)n2)CCNC3)cn1. The van der Waals surface area contributed by atoms with Crippen molar-refractivity contribution in [3.63, 3.8) is 0 Å². The molecule has 10 heteroatoms. The van der Waals surface area contributed by atoms with Crippen molar-refractivity contribution in [3.8, 4) is 11.4 Å². The number of nitrogens with two attached hydrogens (primary N) is 1. The molecule has 4 rings (SSSR count). The number of halogens is 3. The van der Waals surface area contributed by atoms with Gasteiger partial charge < -0.3 is 20.7 Å². The van der Waals surface area contributed by atoms with Gasteiger partial charge in [0.1, 0.15) is 11.6 Å². The summed E-state index contributed by atoms with van der Waals surface area (Å²) >= 11 is 0. The smallest absolute Gasteiger partial charge is 0.384 e. The van der Waals surface area contributed by atoms with Crippen molar-refractivity contribution in [1.29, 1.82) is 0 Å². The van der Waals surface area contributed by atoms with Gasteiger partial charge in [0.05, 0.1) is 24.5 Å². The summed E-state index contributed by atoms with van der Waals surface area (Å²) in [5.74, 6) is 0.502. The zero-order chi connectivity index (χ0) is 19.0. The molecule has 27 heavy (non-hydrogen) atoms.